The summed E-state index contributed by atoms with van der Waals surface area (Å²) in [5.74, 6) is 0.412. The molecule has 2 aromatic heterocycles. The zero-order valence-electron chi connectivity index (χ0n) is 22.6. The Labute approximate surface area is 228 Å². The number of pyridine rings is 1. The Morgan fingerprint density at radius 1 is 1.05 bits per heavy atom. The van der Waals surface area contributed by atoms with Gasteiger partial charge in [0.2, 0.25) is 5.91 Å². The summed E-state index contributed by atoms with van der Waals surface area (Å²) < 4.78 is 1.75. The Kier molecular flexibility index (Phi) is 6.33. The number of aromatic nitrogens is 3. The highest BCUT2D eigenvalue weighted by molar-refractivity contribution is 5.83. The first-order chi connectivity index (χ1) is 18.8. The molecule has 1 saturated carbocycles. The van der Waals surface area contributed by atoms with E-state index in [1.165, 1.54) is 11.1 Å². The summed E-state index contributed by atoms with van der Waals surface area (Å²) in [6.45, 7) is 7.54. The highest BCUT2D eigenvalue weighted by atomic mass is 16.2. The van der Waals surface area contributed by atoms with Crippen LogP contribution >= 0.6 is 0 Å². The average molecular weight is 523 g/mol. The van der Waals surface area contributed by atoms with Crippen molar-refractivity contribution in [1.29, 1.82) is 0 Å². The molecule has 39 heavy (non-hydrogen) atoms. The molecular weight excluding hydrogens is 488 g/mol. The van der Waals surface area contributed by atoms with Crippen molar-refractivity contribution in [3.05, 3.63) is 89.4 Å². The maximum atomic E-state index is 13.1. The number of carbonyl (C=O) groups is 2. The van der Waals surface area contributed by atoms with Crippen LogP contribution in [0.3, 0.4) is 0 Å². The van der Waals surface area contributed by atoms with Crippen molar-refractivity contribution in [1.82, 2.24) is 30.1 Å². The molecule has 3 amide bonds. The first kappa shape index (κ1) is 25.1. The second-order valence-electron chi connectivity index (χ2n) is 11.6. The number of fused-ring (bicyclic) bond motifs is 2. The fourth-order valence-corrected chi connectivity index (χ4v) is 5.60. The van der Waals surface area contributed by atoms with E-state index in [-0.39, 0.29) is 23.4 Å². The lowest BCUT2D eigenvalue weighted by Gasteiger charge is -2.34. The molecule has 6 rings (SSSR count). The monoisotopic (exact) mass is 522 g/mol. The minimum atomic E-state index is -0.316. The van der Waals surface area contributed by atoms with Gasteiger partial charge in [0, 0.05) is 37.3 Å². The standard InChI is InChI=1S/C31H34N6O2/c1-31(2,3)35-30(39)36-13-12-24-23(21-11-14-37-28(15-21)33-19-34-37)10-9-22(27(24)18-36)17-32-29(38)26-16-25(26)20-7-5-4-6-8-20/h4-11,14-15,19,25-26H,12-13,16-18H2,1-3H3,(H,32,38)(H,35,39)/t25-,26?/m0/s1. The van der Waals surface area contributed by atoms with Crippen LogP contribution in [0.15, 0.2) is 67.1 Å². The zero-order chi connectivity index (χ0) is 27.1. The van der Waals surface area contributed by atoms with Crippen molar-refractivity contribution in [2.45, 2.75) is 58.2 Å². The van der Waals surface area contributed by atoms with Gasteiger partial charge < -0.3 is 15.5 Å². The van der Waals surface area contributed by atoms with Gasteiger partial charge in [0.05, 0.1) is 0 Å². The van der Waals surface area contributed by atoms with Gasteiger partial charge in [-0.3, -0.25) is 4.79 Å². The minimum absolute atomic E-state index is 0.0199. The number of amides is 3. The average Bonchev–Trinajstić information content (AvgIpc) is 3.60. The van der Waals surface area contributed by atoms with Crippen LogP contribution in [0.25, 0.3) is 16.8 Å². The maximum absolute atomic E-state index is 13.1. The van der Waals surface area contributed by atoms with Gasteiger partial charge >= 0.3 is 6.03 Å². The van der Waals surface area contributed by atoms with Gasteiger partial charge in [-0.2, -0.15) is 5.10 Å². The number of urea groups is 1. The van der Waals surface area contributed by atoms with Crippen LogP contribution < -0.4 is 10.6 Å². The molecule has 1 aliphatic carbocycles. The molecule has 4 aromatic rings. The van der Waals surface area contributed by atoms with Crippen molar-refractivity contribution < 1.29 is 9.59 Å². The molecule has 2 N–H and O–H groups in total. The molecule has 0 saturated heterocycles. The quantitative estimate of drug-likeness (QED) is 0.398. The number of hydrogen-bond donors (Lipinski definition) is 2. The van der Waals surface area contributed by atoms with Gasteiger partial charge in [0.25, 0.3) is 0 Å². The molecule has 8 nitrogen and oxygen atoms in total. The van der Waals surface area contributed by atoms with Crippen LogP contribution in [0.2, 0.25) is 0 Å². The van der Waals surface area contributed by atoms with E-state index in [0.717, 1.165) is 40.7 Å². The second kappa shape index (κ2) is 9.84. The van der Waals surface area contributed by atoms with Gasteiger partial charge in [-0.15, -0.1) is 0 Å². The van der Waals surface area contributed by atoms with E-state index >= 15 is 0 Å². The summed E-state index contributed by atoms with van der Waals surface area (Å²) in [4.78, 5) is 32.3. The molecule has 0 bridgehead atoms. The van der Waals surface area contributed by atoms with E-state index in [2.05, 4.69) is 45.0 Å². The molecule has 1 unspecified atom stereocenters. The van der Waals surface area contributed by atoms with E-state index in [9.17, 15) is 9.59 Å². The predicted octanol–water partition coefficient (Wildman–Crippen LogP) is 4.68. The van der Waals surface area contributed by atoms with Crippen LogP contribution in [-0.2, 0) is 24.3 Å². The number of rotatable bonds is 5. The molecule has 1 fully saturated rings. The van der Waals surface area contributed by atoms with Gasteiger partial charge in [-0.25, -0.2) is 14.3 Å². The molecule has 2 aliphatic rings. The smallest absolute Gasteiger partial charge is 0.318 e. The lowest BCUT2D eigenvalue weighted by molar-refractivity contribution is -0.122. The largest absolute Gasteiger partial charge is 0.352 e. The predicted molar refractivity (Wildman–Crippen MR) is 150 cm³/mol. The van der Waals surface area contributed by atoms with E-state index in [1.807, 2.05) is 62.2 Å². The normalized spacial score (nSPS) is 18.5. The summed E-state index contributed by atoms with van der Waals surface area (Å²) in [7, 11) is 0. The Bertz CT molecular complexity index is 1540. The number of nitrogens with one attached hydrogen (secondary N) is 2. The molecule has 0 radical (unpaired) electrons. The van der Waals surface area contributed by atoms with E-state index in [1.54, 1.807) is 10.8 Å². The van der Waals surface area contributed by atoms with E-state index < -0.39 is 0 Å². The summed E-state index contributed by atoms with van der Waals surface area (Å²) >= 11 is 0. The lowest BCUT2D eigenvalue weighted by atomic mass is 9.87. The number of benzene rings is 2. The van der Waals surface area contributed by atoms with Gasteiger partial charge in [0.15, 0.2) is 5.65 Å². The molecule has 2 atom stereocenters. The molecule has 200 valence electrons. The Morgan fingerprint density at radius 2 is 1.87 bits per heavy atom. The highest BCUT2D eigenvalue weighted by Crippen LogP contribution is 2.47. The van der Waals surface area contributed by atoms with Gasteiger partial charge in [-0.05, 0) is 85.0 Å². The topological polar surface area (TPSA) is 91.6 Å². The van der Waals surface area contributed by atoms with Gasteiger partial charge in [-0.1, -0.05) is 42.5 Å². The van der Waals surface area contributed by atoms with E-state index in [0.29, 0.717) is 25.6 Å². The number of carbonyl (C=O) groups excluding carboxylic acids is 2. The fraction of sp³-hybridized carbons (Fsp3) is 0.355. The van der Waals surface area contributed by atoms with Crippen LogP contribution in [0.1, 0.15) is 55.4 Å². The van der Waals surface area contributed by atoms with Gasteiger partial charge in [0.1, 0.15) is 6.33 Å². The molecule has 1 aliphatic heterocycles. The third-order valence-electron chi connectivity index (χ3n) is 7.68. The first-order valence-corrected chi connectivity index (χ1v) is 13.6. The summed E-state index contributed by atoms with van der Waals surface area (Å²) in [6.07, 6.45) is 5.09. The highest BCUT2D eigenvalue weighted by Gasteiger charge is 2.43. The van der Waals surface area contributed by atoms with Crippen LogP contribution in [0.5, 0.6) is 0 Å². The third-order valence-corrected chi connectivity index (χ3v) is 7.68. The second-order valence-corrected chi connectivity index (χ2v) is 11.6. The third kappa shape index (κ3) is 5.24. The first-order valence-electron chi connectivity index (χ1n) is 13.6. The Hall–Kier alpha value is -4.20. The molecule has 8 heteroatoms. The maximum Gasteiger partial charge on any atom is 0.318 e. The zero-order valence-corrected chi connectivity index (χ0v) is 22.6. The van der Waals surface area contributed by atoms with Crippen molar-refractivity contribution in [2.24, 2.45) is 5.92 Å². The van der Waals surface area contributed by atoms with Crippen molar-refractivity contribution in [2.75, 3.05) is 6.54 Å². The molecule has 2 aromatic carbocycles. The SMILES string of the molecule is CC(C)(C)NC(=O)N1CCc2c(-c3ccn4ncnc4c3)ccc(CNC(=O)C3C[C@H]3c3ccccc3)c2C1. The summed E-state index contributed by atoms with van der Waals surface area (Å²) in [6, 6.07) is 18.5. The summed E-state index contributed by atoms with van der Waals surface area (Å²) in [5, 5.41) is 10.5. The van der Waals surface area contributed by atoms with Crippen molar-refractivity contribution in [3.8, 4) is 11.1 Å². The lowest BCUT2D eigenvalue weighted by Crippen LogP contribution is -2.50. The van der Waals surface area contributed by atoms with E-state index in [4.69, 9.17) is 0 Å². The number of hydrogen-bond acceptors (Lipinski definition) is 4. The van der Waals surface area contributed by atoms with Crippen LogP contribution in [0, 0.1) is 5.92 Å². The fourth-order valence-electron chi connectivity index (χ4n) is 5.60. The van der Waals surface area contributed by atoms with Crippen LogP contribution in [0.4, 0.5) is 4.79 Å². The van der Waals surface area contributed by atoms with Crippen LogP contribution in [-0.4, -0.2) is 43.5 Å². The Morgan fingerprint density at radius 3 is 2.67 bits per heavy atom. The molecule has 0 spiro atoms. The number of nitrogens with zero attached hydrogens (tertiary/aromatic N) is 4. The Balaban J connectivity index is 1.26. The molecular formula is C31H34N6O2. The van der Waals surface area contributed by atoms with Crippen molar-refractivity contribution in [3.63, 3.8) is 0 Å². The molecule has 3 heterocycles. The minimum Gasteiger partial charge on any atom is -0.352 e. The van der Waals surface area contributed by atoms with Crippen molar-refractivity contribution >= 4 is 17.6 Å². The summed E-state index contributed by atoms with van der Waals surface area (Å²) in [5.41, 5.74) is 7.28.